The van der Waals surface area contributed by atoms with Crippen molar-refractivity contribution in [3.63, 3.8) is 0 Å². The summed E-state index contributed by atoms with van der Waals surface area (Å²) >= 11 is 0. The first kappa shape index (κ1) is 40.7. The second-order valence-corrected chi connectivity index (χ2v) is 18.6. The minimum atomic E-state index is 0.559. The Balaban J connectivity index is 0.963. The highest BCUT2D eigenvalue weighted by molar-refractivity contribution is 6.12. The van der Waals surface area contributed by atoms with Gasteiger partial charge in [-0.05, 0) is 108 Å². The van der Waals surface area contributed by atoms with E-state index >= 15 is 0 Å². The van der Waals surface area contributed by atoms with Crippen LogP contribution in [0.3, 0.4) is 0 Å². The Hall–Kier alpha value is -9.39. The second kappa shape index (κ2) is 16.1. The van der Waals surface area contributed by atoms with Crippen molar-refractivity contribution in [3.8, 4) is 62.4 Å². The largest absolute Gasteiger partial charge is 0.309 e. The number of hydrogen-bond donors (Lipinski definition) is 0. The Morgan fingerprint density at radius 1 is 0.268 bits per heavy atom. The molecule has 14 aromatic rings. The molecule has 0 spiro atoms. The molecule has 334 valence electrons. The Morgan fingerprint density at radius 3 is 1.00 bits per heavy atom. The van der Waals surface area contributed by atoms with Crippen LogP contribution in [0.4, 0.5) is 0 Å². The number of aryl methyl sites for hydroxylation is 2. The molecule has 0 N–H and O–H groups in total. The van der Waals surface area contributed by atoms with Gasteiger partial charge in [0.05, 0.1) is 33.1 Å². The number of benzene rings is 10. The molecule has 4 aromatic heterocycles. The maximum atomic E-state index is 5.33. The van der Waals surface area contributed by atoms with Crippen molar-refractivity contribution in [1.82, 2.24) is 28.7 Å². The fourth-order valence-corrected chi connectivity index (χ4v) is 11.1. The summed E-state index contributed by atoms with van der Waals surface area (Å²) in [6.45, 7) is 4.44. The summed E-state index contributed by atoms with van der Waals surface area (Å²) in [6, 6.07) is 82.5. The highest BCUT2D eigenvalue weighted by Crippen LogP contribution is 2.40. The molecule has 4 heterocycles. The average molecular weight is 909 g/mol. The molecule has 0 aliphatic heterocycles. The third kappa shape index (κ3) is 6.53. The molecule has 0 aliphatic rings. The molecule has 0 radical (unpaired) electrons. The van der Waals surface area contributed by atoms with Crippen molar-refractivity contribution in [2.75, 3.05) is 0 Å². The van der Waals surface area contributed by atoms with Gasteiger partial charge in [-0.1, -0.05) is 170 Å². The van der Waals surface area contributed by atoms with Crippen LogP contribution in [0.5, 0.6) is 0 Å². The molecule has 10 aromatic carbocycles. The van der Waals surface area contributed by atoms with Gasteiger partial charge in [0.15, 0.2) is 11.6 Å². The smallest absolute Gasteiger partial charge is 0.238 e. The molecule has 0 amide bonds. The van der Waals surface area contributed by atoms with Crippen molar-refractivity contribution in [2.24, 2.45) is 0 Å². The van der Waals surface area contributed by atoms with Crippen LogP contribution in [0.1, 0.15) is 11.1 Å². The minimum Gasteiger partial charge on any atom is -0.309 e. The fraction of sp³-hybridized carbons (Fsp3) is 0.0308. The van der Waals surface area contributed by atoms with Crippen LogP contribution in [0.15, 0.2) is 231 Å². The predicted octanol–water partition coefficient (Wildman–Crippen LogP) is 16.4. The molecule has 0 saturated heterocycles. The van der Waals surface area contributed by atoms with Crippen molar-refractivity contribution in [3.05, 3.63) is 242 Å². The summed E-state index contributed by atoms with van der Waals surface area (Å²) < 4.78 is 7.02. The number of para-hydroxylation sites is 4. The van der Waals surface area contributed by atoms with E-state index in [9.17, 15) is 0 Å². The zero-order valence-electron chi connectivity index (χ0n) is 39.1. The molecule has 0 unspecified atom stereocenters. The Kier molecular flexibility index (Phi) is 9.23. The van der Waals surface area contributed by atoms with E-state index in [1.165, 1.54) is 65.9 Å². The van der Waals surface area contributed by atoms with Crippen molar-refractivity contribution in [1.29, 1.82) is 0 Å². The molecule has 0 bridgehead atoms. The summed E-state index contributed by atoms with van der Waals surface area (Å²) in [4.78, 5) is 15.7. The van der Waals surface area contributed by atoms with E-state index in [4.69, 9.17) is 15.0 Å². The van der Waals surface area contributed by atoms with Crippen LogP contribution in [0.25, 0.3) is 128 Å². The Morgan fingerprint density at radius 2 is 0.620 bits per heavy atom. The first-order valence-corrected chi connectivity index (χ1v) is 24.2. The van der Waals surface area contributed by atoms with E-state index in [0.717, 1.165) is 55.4 Å². The van der Waals surface area contributed by atoms with Gasteiger partial charge in [0.25, 0.3) is 0 Å². The van der Waals surface area contributed by atoms with E-state index in [-0.39, 0.29) is 0 Å². The average Bonchev–Trinajstić information content (AvgIpc) is 4.06. The van der Waals surface area contributed by atoms with Crippen LogP contribution in [0.2, 0.25) is 0 Å². The van der Waals surface area contributed by atoms with E-state index < -0.39 is 0 Å². The quantitative estimate of drug-likeness (QED) is 0.160. The second-order valence-electron chi connectivity index (χ2n) is 18.6. The number of nitrogens with zero attached hydrogens (tertiary/aromatic N) is 6. The van der Waals surface area contributed by atoms with E-state index in [1.54, 1.807) is 0 Å². The molecule has 6 nitrogen and oxygen atoms in total. The molecule has 71 heavy (non-hydrogen) atoms. The lowest BCUT2D eigenvalue weighted by Gasteiger charge is -2.14. The van der Waals surface area contributed by atoms with Gasteiger partial charge in [-0.2, -0.15) is 9.97 Å². The molecule has 14 rings (SSSR count). The monoisotopic (exact) mass is 908 g/mol. The number of hydrogen-bond acceptors (Lipinski definition) is 3. The van der Waals surface area contributed by atoms with Gasteiger partial charge in [0.1, 0.15) is 0 Å². The third-order valence-corrected chi connectivity index (χ3v) is 14.4. The lowest BCUT2D eigenvalue weighted by Crippen LogP contribution is -2.06. The Bertz CT molecular complexity index is 4040. The highest BCUT2D eigenvalue weighted by atomic mass is 15.2. The Labute approximate surface area is 410 Å². The summed E-state index contributed by atoms with van der Waals surface area (Å²) in [5, 5.41) is 7.25. The van der Waals surface area contributed by atoms with Gasteiger partial charge >= 0.3 is 0 Å². The lowest BCUT2D eigenvalue weighted by atomic mass is 9.97. The third-order valence-electron chi connectivity index (χ3n) is 14.4. The molecule has 0 saturated carbocycles. The normalized spacial score (nSPS) is 11.8. The zero-order valence-corrected chi connectivity index (χ0v) is 39.1. The minimum absolute atomic E-state index is 0.559. The van der Waals surface area contributed by atoms with Crippen molar-refractivity contribution in [2.45, 2.75) is 13.8 Å². The maximum Gasteiger partial charge on any atom is 0.238 e. The molecule has 6 heteroatoms. The first-order valence-electron chi connectivity index (χ1n) is 24.2. The van der Waals surface area contributed by atoms with E-state index in [0.29, 0.717) is 17.6 Å². The fourth-order valence-electron chi connectivity index (χ4n) is 11.1. The summed E-state index contributed by atoms with van der Waals surface area (Å²) in [6.07, 6.45) is 0. The standard InChI is InChI=1S/C65H44N6/c1-41-37-47(69-57-25-13-9-21-51(57)52-22-10-14-26-58(52)69)31-35-49(41)45-29-33-55-56-34-30-46(50-36-32-48(38-42(50)2)70-59-27-15-11-23-53(59)54-24-12-16-28-60(54)70)40-62(56)71(61(55)39-45)65-67-63(43-17-5-3-6-18-43)66-64(68-65)44-19-7-4-8-20-44/h3-40H,1-2H3. The van der Waals surface area contributed by atoms with Crippen LogP contribution in [-0.4, -0.2) is 28.7 Å². The van der Waals surface area contributed by atoms with Gasteiger partial charge in [-0.15, -0.1) is 0 Å². The number of aromatic nitrogens is 6. The first-order chi connectivity index (χ1) is 35.0. The van der Waals surface area contributed by atoms with Crippen LogP contribution < -0.4 is 0 Å². The molecule has 0 aliphatic carbocycles. The predicted molar refractivity (Wildman–Crippen MR) is 294 cm³/mol. The van der Waals surface area contributed by atoms with Crippen LogP contribution >= 0.6 is 0 Å². The van der Waals surface area contributed by atoms with Crippen molar-refractivity contribution < 1.29 is 0 Å². The molecular weight excluding hydrogens is 865 g/mol. The zero-order chi connectivity index (χ0) is 47.2. The van der Waals surface area contributed by atoms with Gasteiger partial charge in [0, 0.05) is 54.8 Å². The molecule has 0 atom stereocenters. The van der Waals surface area contributed by atoms with Gasteiger partial charge in [-0.3, -0.25) is 4.57 Å². The van der Waals surface area contributed by atoms with Crippen LogP contribution in [-0.2, 0) is 0 Å². The van der Waals surface area contributed by atoms with Crippen LogP contribution in [0, 0.1) is 13.8 Å². The molecular formula is C65H44N6. The van der Waals surface area contributed by atoms with E-state index in [2.05, 4.69) is 222 Å². The lowest BCUT2D eigenvalue weighted by molar-refractivity contribution is 0.953. The number of rotatable bonds is 7. The molecule has 0 fully saturated rings. The summed E-state index contributed by atoms with van der Waals surface area (Å²) in [5.41, 5.74) is 17.9. The SMILES string of the molecule is Cc1cc(-n2c3ccccc3c3ccccc32)ccc1-c1ccc2c3ccc(-c4ccc(-n5c6ccccc6c6ccccc65)cc4C)cc3n(-c3nc(-c4ccccc4)nc(-c4ccccc4)n3)c2c1. The van der Waals surface area contributed by atoms with Gasteiger partial charge in [0.2, 0.25) is 5.95 Å². The summed E-state index contributed by atoms with van der Waals surface area (Å²) in [5.74, 6) is 1.79. The summed E-state index contributed by atoms with van der Waals surface area (Å²) in [7, 11) is 0. The highest BCUT2D eigenvalue weighted by Gasteiger charge is 2.21. The topological polar surface area (TPSA) is 53.5 Å². The van der Waals surface area contributed by atoms with E-state index in [1.807, 2.05) is 36.4 Å². The van der Waals surface area contributed by atoms with Gasteiger partial charge < -0.3 is 9.13 Å². The maximum absolute atomic E-state index is 5.33. The van der Waals surface area contributed by atoms with Crippen molar-refractivity contribution >= 4 is 65.4 Å². The van der Waals surface area contributed by atoms with Gasteiger partial charge in [-0.25, -0.2) is 4.98 Å². The number of fused-ring (bicyclic) bond motifs is 9.